The third-order valence-electron chi connectivity index (χ3n) is 8.31. The molecule has 1 aromatic carbocycles. The molecule has 0 radical (unpaired) electrons. The van der Waals surface area contributed by atoms with Gasteiger partial charge >= 0.3 is 0 Å². The molecule has 1 heterocycles. The number of hydrogen-bond acceptors (Lipinski definition) is 2. The summed E-state index contributed by atoms with van der Waals surface area (Å²) in [5.41, 5.74) is 1.87. The van der Waals surface area contributed by atoms with Crippen molar-refractivity contribution in [3.8, 4) is 5.75 Å². The highest BCUT2D eigenvalue weighted by Gasteiger charge is 2.32. The number of halogens is 2. The van der Waals surface area contributed by atoms with Gasteiger partial charge in [-0.05, 0) is 112 Å². The fourth-order valence-electron chi connectivity index (χ4n) is 6.16. The standard InChI is InChI=1S/C28H40F2O2/c1-3-4-20-6-10-22(11-7-20)24-14-16-25(32-18-24)23-12-8-21(9-13-23)17-31-26-15-5-19(2)27(29)28(26)30/h5,15,18,20-23,25H,3-4,6-14,16-17H2,1-2H3. The van der Waals surface area contributed by atoms with Crippen LogP contribution in [0.5, 0.6) is 5.75 Å². The van der Waals surface area contributed by atoms with E-state index in [1.165, 1.54) is 51.0 Å². The minimum atomic E-state index is -0.865. The number of hydrogen-bond donors (Lipinski definition) is 0. The molecule has 0 spiro atoms. The van der Waals surface area contributed by atoms with Crippen molar-refractivity contribution in [2.24, 2.45) is 23.7 Å². The minimum Gasteiger partial charge on any atom is -0.498 e. The average Bonchev–Trinajstić information content (AvgIpc) is 2.83. The molecule has 1 unspecified atom stereocenters. The van der Waals surface area contributed by atoms with E-state index in [1.807, 2.05) is 0 Å². The first-order valence-corrected chi connectivity index (χ1v) is 13.0. The van der Waals surface area contributed by atoms with E-state index in [0.29, 0.717) is 30.1 Å². The summed E-state index contributed by atoms with van der Waals surface area (Å²) in [5.74, 6) is 1.09. The molecule has 0 saturated heterocycles. The lowest BCUT2D eigenvalue weighted by Gasteiger charge is -2.37. The van der Waals surface area contributed by atoms with Crippen LogP contribution in [-0.4, -0.2) is 12.7 Å². The Bertz CT molecular complexity index is 774. The first kappa shape index (κ1) is 23.6. The Morgan fingerprint density at radius 1 is 0.906 bits per heavy atom. The molecular formula is C28H40F2O2. The Labute approximate surface area is 192 Å². The molecule has 1 aliphatic heterocycles. The van der Waals surface area contributed by atoms with Crippen LogP contribution in [0.1, 0.15) is 89.5 Å². The van der Waals surface area contributed by atoms with Crippen molar-refractivity contribution in [3.63, 3.8) is 0 Å². The Balaban J connectivity index is 1.19. The fraction of sp³-hybridized carbons (Fsp3) is 0.714. The van der Waals surface area contributed by atoms with Gasteiger partial charge in [0.15, 0.2) is 11.6 Å². The molecular weight excluding hydrogens is 406 g/mol. The summed E-state index contributed by atoms with van der Waals surface area (Å²) in [4.78, 5) is 0. The summed E-state index contributed by atoms with van der Waals surface area (Å²) in [6.45, 7) is 4.32. The Kier molecular flexibility index (Phi) is 8.12. The van der Waals surface area contributed by atoms with Crippen molar-refractivity contribution in [2.75, 3.05) is 6.61 Å². The predicted molar refractivity (Wildman–Crippen MR) is 125 cm³/mol. The van der Waals surface area contributed by atoms with E-state index in [9.17, 15) is 8.78 Å². The summed E-state index contributed by atoms with van der Waals surface area (Å²) in [5, 5.41) is 0. The number of ether oxygens (including phenoxy) is 2. The molecule has 0 N–H and O–H groups in total. The van der Waals surface area contributed by atoms with Gasteiger partial charge in [0.2, 0.25) is 5.82 Å². The van der Waals surface area contributed by atoms with Gasteiger partial charge < -0.3 is 9.47 Å². The van der Waals surface area contributed by atoms with Gasteiger partial charge in [-0.25, -0.2) is 4.39 Å². The molecule has 3 aliphatic rings. The van der Waals surface area contributed by atoms with Gasteiger partial charge in [0.25, 0.3) is 0 Å². The number of allylic oxidation sites excluding steroid dienone is 1. The SMILES string of the molecule is CCCC1CCC(C2=COC(C3CCC(COc4ccc(C)c(F)c4F)CC3)CC2)CC1. The highest BCUT2D eigenvalue weighted by Crippen LogP contribution is 2.41. The second-order valence-electron chi connectivity index (χ2n) is 10.5. The van der Waals surface area contributed by atoms with Crippen molar-refractivity contribution >= 4 is 0 Å². The molecule has 4 rings (SSSR count). The zero-order valence-corrected chi connectivity index (χ0v) is 19.9. The highest BCUT2D eigenvalue weighted by molar-refractivity contribution is 5.30. The fourth-order valence-corrected chi connectivity index (χ4v) is 6.16. The smallest absolute Gasteiger partial charge is 0.200 e. The van der Waals surface area contributed by atoms with Crippen LogP contribution in [0.4, 0.5) is 8.78 Å². The maximum absolute atomic E-state index is 14.0. The first-order chi connectivity index (χ1) is 15.5. The van der Waals surface area contributed by atoms with Crippen molar-refractivity contribution in [1.29, 1.82) is 0 Å². The lowest BCUT2D eigenvalue weighted by atomic mass is 9.74. The molecule has 2 aliphatic carbocycles. The molecule has 4 heteroatoms. The molecule has 178 valence electrons. The van der Waals surface area contributed by atoms with Crippen molar-refractivity contribution in [1.82, 2.24) is 0 Å². The Morgan fingerprint density at radius 2 is 1.62 bits per heavy atom. The highest BCUT2D eigenvalue weighted by atomic mass is 19.2. The Hall–Kier alpha value is -1.58. The lowest BCUT2D eigenvalue weighted by Crippen LogP contribution is -2.31. The second kappa shape index (κ2) is 11.0. The van der Waals surface area contributed by atoms with Crippen LogP contribution in [0.25, 0.3) is 0 Å². The van der Waals surface area contributed by atoms with Crippen LogP contribution in [0.15, 0.2) is 24.0 Å². The van der Waals surface area contributed by atoms with Gasteiger partial charge in [-0.15, -0.1) is 0 Å². The molecule has 2 saturated carbocycles. The van der Waals surface area contributed by atoms with Crippen molar-refractivity contribution < 1.29 is 18.3 Å². The maximum atomic E-state index is 14.0. The van der Waals surface area contributed by atoms with E-state index in [4.69, 9.17) is 9.47 Å². The van der Waals surface area contributed by atoms with Crippen molar-refractivity contribution in [3.05, 3.63) is 41.2 Å². The minimum absolute atomic E-state index is 0.0345. The van der Waals surface area contributed by atoms with E-state index < -0.39 is 11.6 Å². The maximum Gasteiger partial charge on any atom is 0.200 e. The van der Waals surface area contributed by atoms with E-state index in [2.05, 4.69) is 13.2 Å². The second-order valence-corrected chi connectivity index (χ2v) is 10.5. The van der Waals surface area contributed by atoms with Crippen LogP contribution in [0, 0.1) is 42.2 Å². The van der Waals surface area contributed by atoms with Crippen LogP contribution < -0.4 is 4.74 Å². The molecule has 2 fully saturated rings. The summed E-state index contributed by atoms with van der Waals surface area (Å²) in [6, 6.07) is 3.11. The molecule has 0 amide bonds. The summed E-state index contributed by atoms with van der Waals surface area (Å²) in [6.07, 6.45) is 17.4. The summed E-state index contributed by atoms with van der Waals surface area (Å²) in [7, 11) is 0. The van der Waals surface area contributed by atoms with Crippen LogP contribution in [0.2, 0.25) is 0 Å². The van der Waals surface area contributed by atoms with Gasteiger partial charge in [0, 0.05) is 0 Å². The van der Waals surface area contributed by atoms with Crippen molar-refractivity contribution in [2.45, 2.75) is 97.0 Å². The number of rotatable bonds is 7. The number of benzene rings is 1. The van der Waals surface area contributed by atoms with E-state index in [-0.39, 0.29) is 5.75 Å². The Morgan fingerprint density at radius 3 is 2.28 bits per heavy atom. The zero-order chi connectivity index (χ0) is 22.5. The first-order valence-electron chi connectivity index (χ1n) is 13.0. The van der Waals surface area contributed by atoms with E-state index in [0.717, 1.165) is 43.9 Å². The lowest BCUT2D eigenvalue weighted by molar-refractivity contribution is 0.0321. The molecule has 2 nitrogen and oxygen atoms in total. The summed E-state index contributed by atoms with van der Waals surface area (Å²) >= 11 is 0. The molecule has 0 bridgehead atoms. The summed E-state index contributed by atoms with van der Waals surface area (Å²) < 4.78 is 39.7. The molecule has 1 aromatic rings. The quantitative estimate of drug-likeness (QED) is 0.421. The van der Waals surface area contributed by atoms with E-state index >= 15 is 0 Å². The van der Waals surface area contributed by atoms with Gasteiger partial charge in [-0.2, -0.15) is 4.39 Å². The molecule has 32 heavy (non-hydrogen) atoms. The topological polar surface area (TPSA) is 18.5 Å². The van der Waals surface area contributed by atoms with Gasteiger partial charge in [0.05, 0.1) is 12.9 Å². The monoisotopic (exact) mass is 446 g/mol. The van der Waals surface area contributed by atoms with Crippen LogP contribution >= 0.6 is 0 Å². The van der Waals surface area contributed by atoms with Gasteiger partial charge in [-0.3, -0.25) is 0 Å². The third-order valence-corrected chi connectivity index (χ3v) is 8.31. The van der Waals surface area contributed by atoms with Gasteiger partial charge in [-0.1, -0.05) is 25.8 Å². The zero-order valence-electron chi connectivity index (χ0n) is 19.9. The predicted octanol–water partition coefficient (Wildman–Crippen LogP) is 8.13. The average molecular weight is 447 g/mol. The largest absolute Gasteiger partial charge is 0.498 e. The van der Waals surface area contributed by atoms with Gasteiger partial charge in [0.1, 0.15) is 6.10 Å². The van der Waals surface area contributed by atoms with Crippen LogP contribution in [-0.2, 0) is 4.74 Å². The van der Waals surface area contributed by atoms with E-state index in [1.54, 1.807) is 18.6 Å². The normalized spacial score (nSPS) is 31.0. The van der Waals surface area contributed by atoms with Crippen LogP contribution in [0.3, 0.4) is 0 Å². The molecule has 0 aromatic heterocycles. The molecule has 1 atom stereocenters. The third kappa shape index (κ3) is 5.66. The number of aryl methyl sites for hydroxylation is 1.